The summed E-state index contributed by atoms with van der Waals surface area (Å²) in [5.41, 5.74) is 1.41. The van der Waals surface area contributed by atoms with Crippen LogP contribution in [0.3, 0.4) is 0 Å². The minimum absolute atomic E-state index is 0.167. The third kappa shape index (κ3) is 8.63. The van der Waals surface area contributed by atoms with Crippen molar-refractivity contribution in [3.8, 4) is 12.3 Å². The molecule has 0 fully saturated rings. The molecule has 1 atom stereocenters. The number of carboxylic acid groups (broad SMARTS) is 1. The molecule has 12 nitrogen and oxygen atoms in total. The van der Waals surface area contributed by atoms with Crippen molar-refractivity contribution in [3.05, 3.63) is 53.9 Å². The number of nitrogens with one attached hydrogen (secondary N) is 1. The number of terminal acetylenes is 1. The Kier molecular flexibility index (Phi) is 10.6. The van der Waals surface area contributed by atoms with E-state index < -0.39 is 23.9 Å². The van der Waals surface area contributed by atoms with Gasteiger partial charge in [-0.25, -0.2) is 9.78 Å². The van der Waals surface area contributed by atoms with Gasteiger partial charge in [-0.2, -0.15) is 28.5 Å². The van der Waals surface area contributed by atoms with Crippen molar-refractivity contribution in [1.82, 2.24) is 29.4 Å². The smallest absolute Gasteiger partial charge is 0.475 e. The molecule has 15 heteroatoms. The maximum Gasteiger partial charge on any atom is 0.490 e. The largest absolute Gasteiger partial charge is 0.490 e. The molecule has 1 aliphatic heterocycles. The van der Waals surface area contributed by atoms with Crippen LogP contribution in [0.15, 0.2) is 46.9 Å². The van der Waals surface area contributed by atoms with Crippen LogP contribution in [0.1, 0.15) is 62.3 Å². The fraction of sp³-hybridized carbons (Fsp3) is 0.464. The summed E-state index contributed by atoms with van der Waals surface area (Å²) in [6.07, 6.45) is 6.59. The topological polar surface area (TPSA) is 147 Å². The molecule has 2 N–H and O–H groups in total. The third-order valence-corrected chi connectivity index (χ3v) is 6.58. The maximum atomic E-state index is 13.8. The number of aliphatic carboxylic acids is 1. The van der Waals surface area contributed by atoms with Crippen molar-refractivity contribution >= 4 is 23.3 Å². The molecule has 0 radical (unpaired) electrons. The zero-order valence-electron chi connectivity index (χ0n) is 24.0. The molecular formula is C28H33F3N8O4. The summed E-state index contributed by atoms with van der Waals surface area (Å²) >= 11 is 0. The van der Waals surface area contributed by atoms with Gasteiger partial charge < -0.3 is 19.7 Å². The Morgan fingerprint density at radius 3 is 2.44 bits per heavy atom. The van der Waals surface area contributed by atoms with E-state index in [0.29, 0.717) is 37.2 Å². The van der Waals surface area contributed by atoms with Gasteiger partial charge in [0, 0.05) is 51.7 Å². The number of imidazole rings is 1. The molecule has 3 aromatic heterocycles. The van der Waals surface area contributed by atoms with Crippen LogP contribution in [0.25, 0.3) is 5.52 Å². The number of rotatable bonds is 12. The van der Waals surface area contributed by atoms with Crippen LogP contribution in [0.2, 0.25) is 0 Å². The number of nitrogens with zero attached hydrogens (tertiary/aromatic N) is 7. The lowest BCUT2D eigenvalue weighted by atomic mass is 10.0. The van der Waals surface area contributed by atoms with Crippen molar-refractivity contribution in [2.24, 2.45) is 17.3 Å². The highest BCUT2D eigenvalue weighted by Crippen LogP contribution is 2.38. The zero-order valence-corrected chi connectivity index (χ0v) is 24.0. The molecule has 0 aromatic carbocycles. The number of fused-ring (bicyclic) bond motifs is 1. The van der Waals surface area contributed by atoms with Crippen LogP contribution in [-0.4, -0.2) is 65.3 Å². The van der Waals surface area contributed by atoms with Crippen molar-refractivity contribution in [3.63, 3.8) is 0 Å². The van der Waals surface area contributed by atoms with E-state index in [0.717, 1.165) is 17.8 Å². The second kappa shape index (κ2) is 14.0. The molecule has 2 amide bonds. The van der Waals surface area contributed by atoms with Gasteiger partial charge in [0.05, 0.1) is 23.4 Å². The van der Waals surface area contributed by atoms with Gasteiger partial charge in [0.1, 0.15) is 5.82 Å². The minimum atomic E-state index is -5.08. The average Bonchev–Trinajstić information content (AvgIpc) is 3.51. The Balaban J connectivity index is 0.000000646. The Morgan fingerprint density at radius 1 is 1.19 bits per heavy atom. The van der Waals surface area contributed by atoms with Crippen molar-refractivity contribution < 1.29 is 32.7 Å². The van der Waals surface area contributed by atoms with Gasteiger partial charge in [-0.05, 0) is 31.5 Å². The second-order valence-corrected chi connectivity index (χ2v) is 9.89. The van der Waals surface area contributed by atoms with E-state index in [1.807, 2.05) is 62.0 Å². The predicted molar refractivity (Wildman–Crippen MR) is 148 cm³/mol. The summed E-state index contributed by atoms with van der Waals surface area (Å²) < 4.78 is 35.3. The van der Waals surface area contributed by atoms with Gasteiger partial charge >= 0.3 is 12.1 Å². The quantitative estimate of drug-likeness (QED) is 0.300. The highest BCUT2D eigenvalue weighted by atomic mass is 19.4. The summed E-state index contributed by atoms with van der Waals surface area (Å²) in [6.45, 7) is 4.54. The Labute approximate surface area is 246 Å². The van der Waals surface area contributed by atoms with Gasteiger partial charge in [-0.1, -0.05) is 13.0 Å². The van der Waals surface area contributed by atoms with E-state index in [4.69, 9.17) is 21.3 Å². The first-order valence-corrected chi connectivity index (χ1v) is 13.5. The first kappa shape index (κ1) is 32.8. The van der Waals surface area contributed by atoms with E-state index in [1.165, 1.54) is 0 Å². The van der Waals surface area contributed by atoms with Gasteiger partial charge in [-0.15, -0.1) is 12.3 Å². The number of carbonyl (C=O) groups excluding carboxylic acids is 2. The number of alkyl halides is 3. The van der Waals surface area contributed by atoms with E-state index in [-0.39, 0.29) is 24.8 Å². The molecule has 0 spiro atoms. The lowest BCUT2D eigenvalue weighted by Crippen LogP contribution is -2.44. The first-order valence-electron chi connectivity index (χ1n) is 13.5. The van der Waals surface area contributed by atoms with Crippen molar-refractivity contribution in [2.75, 3.05) is 6.54 Å². The number of carboxylic acids is 1. The third-order valence-electron chi connectivity index (χ3n) is 6.58. The molecule has 0 saturated heterocycles. The first-order chi connectivity index (χ1) is 20.3. The fourth-order valence-electron chi connectivity index (χ4n) is 4.34. The van der Waals surface area contributed by atoms with Crippen LogP contribution in [0.5, 0.6) is 0 Å². The van der Waals surface area contributed by atoms with Gasteiger partial charge in [0.2, 0.25) is 11.8 Å². The number of hydrogen-bond acceptors (Lipinski definition) is 7. The van der Waals surface area contributed by atoms with Crippen molar-refractivity contribution in [2.45, 2.75) is 70.4 Å². The monoisotopic (exact) mass is 602 g/mol. The number of aryl methyl sites for hydroxylation is 2. The average molecular weight is 603 g/mol. The highest BCUT2D eigenvalue weighted by Gasteiger charge is 2.41. The second-order valence-electron chi connectivity index (χ2n) is 9.89. The van der Waals surface area contributed by atoms with Crippen LogP contribution in [0.4, 0.5) is 13.2 Å². The van der Waals surface area contributed by atoms with Crippen molar-refractivity contribution in [1.29, 1.82) is 0 Å². The summed E-state index contributed by atoms with van der Waals surface area (Å²) in [4.78, 5) is 42.6. The summed E-state index contributed by atoms with van der Waals surface area (Å²) in [5, 5.41) is 22.9. The van der Waals surface area contributed by atoms with E-state index >= 15 is 0 Å². The zero-order chi connectivity index (χ0) is 31.8. The number of pyridine rings is 1. The molecule has 4 rings (SSSR count). The van der Waals surface area contributed by atoms with E-state index in [2.05, 4.69) is 26.6 Å². The molecule has 230 valence electrons. The lowest BCUT2D eigenvalue weighted by Gasteiger charge is -2.30. The molecular weight excluding hydrogens is 569 g/mol. The van der Waals surface area contributed by atoms with Gasteiger partial charge in [-0.3, -0.25) is 14.3 Å². The van der Waals surface area contributed by atoms with Crippen LogP contribution in [-0.2, 0) is 28.0 Å². The number of halogens is 3. The van der Waals surface area contributed by atoms with Gasteiger partial charge in [0.15, 0.2) is 11.7 Å². The molecule has 1 unspecified atom stereocenters. The van der Waals surface area contributed by atoms with Crippen LogP contribution < -0.4 is 5.32 Å². The normalized spacial score (nSPS) is 13.9. The predicted octanol–water partition coefficient (Wildman–Crippen LogP) is 3.96. The number of hydrogen-bond donors (Lipinski definition) is 2. The Morgan fingerprint density at radius 2 is 1.88 bits per heavy atom. The van der Waals surface area contributed by atoms with E-state index in [1.54, 1.807) is 9.58 Å². The minimum Gasteiger partial charge on any atom is -0.475 e. The molecule has 0 saturated carbocycles. The number of carbonyl (C=O) groups is 3. The molecule has 1 aliphatic rings. The maximum absolute atomic E-state index is 13.8. The molecule has 4 heterocycles. The molecule has 3 aromatic rings. The SMILES string of the molecule is C#CCCC1(CCC(=O)N(Cc2ccn(C)n2)C(C(=O)NCCC)c2nc(C)n3ccccc23)N=N1.O=C(O)C(F)(F)F. The molecule has 43 heavy (non-hydrogen) atoms. The summed E-state index contributed by atoms with van der Waals surface area (Å²) in [5.74, 6) is 0.134. The standard InChI is InChI=1S/C26H32N8O2.C2HF3O2/c1-5-7-13-26(30-31-26)14-11-22(35)34(18-20-12-17-32(4)29-20)24(25(36)27-15-6-2)23-21-10-8-9-16-33(21)19(3)28-23;3-2(4,5)1(6)7/h1,8-10,12,16-17,24H,6-7,11,13-15,18H2,2-4H3,(H,27,36);(H,6,7). The molecule has 0 aliphatic carbocycles. The highest BCUT2D eigenvalue weighted by molar-refractivity contribution is 5.90. The molecule has 0 bridgehead atoms. The van der Waals surface area contributed by atoms with Crippen LogP contribution >= 0.6 is 0 Å². The number of aromatic nitrogens is 4. The summed E-state index contributed by atoms with van der Waals surface area (Å²) in [7, 11) is 1.82. The Bertz CT molecular complexity index is 1520. The lowest BCUT2D eigenvalue weighted by molar-refractivity contribution is -0.192. The Hall–Kier alpha value is -4.74. The summed E-state index contributed by atoms with van der Waals surface area (Å²) in [6, 6.07) is 6.64. The number of amides is 2. The fourth-order valence-corrected chi connectivity index (χ4v) is 4.34. The van der Waals surface area contributed by atoms with Gasteiger partial charge in [0.25, 0.3) is 0 Å². The van der Waals surface area contributed by atoms with Crippen LogP contribution in [0, 0.1) is 19.3 Å². The van der Waals surface area contributed by atoms with E-state index in [9.17, 15) is 22.8 Å².